The smallest absolute Gasteiger partial charge is 0.307 e. The standard InChI is InChI=1S/C10H9FO2/c11-7-3-1-6(2-4-7)8-5-9(8)10(12)13/h1-4,8-9H,5H2,(H,12,13)/t8-,9+/m0/s1. The quantitative estimate of drug-likeness (QED) is 0.755. The zero-order valence-corrected chi connectivity index (χ0v) is 6.90. The normalized spacial score (nSPS) is 25.6. The van der Waals surface area contributed by atoms with Gasteiger partial charge in [-0.05, 0) is 30.0 Å². The molecule has 0 unspecified atom stereocenters. The lowest BCUT2D eigenvalue weighted by atomic mass is 10.1. The van der Waals surface area contributed by atoms with E-state index in [1.165, 1.54) is 12.1 Å². The highest BCUT2D eigenvalue weighted by Gasteiger charge is 2.43. The lowest BCUT2D eigenvalue weighted by Crippen LogP contribution is -1.98. The molecule has 3 heteroatoms. The topological polar surface area (TPSA) is 37.3 Å². The molecule has 2 atom stereocenters. The van der Waals surface area contributed by atoms with Gasteiger partial charge < -0.3 is 5.11 Å². The van der Waals surface area contributed by atoms with Gasteiger partial charge in [0.1, 0.15) is 5.82 Å². The van der Waals surface area contributed by atoms with Crippen molar-refractivity contribution >= 4 is 5.97 Å². The van der Waals surface area contributed by atoms with Crippen molar-refractivity contribution in [2.45, 2.75) is 12.3 Å². The van der Waals surface area contributed by atoms with Gasteiger partial charge in [-0.25, -0.2) is 4.39 Å². The largest absolute Gasteiger partial charge is 0.481 e. The van der Waals surface area contributed by atoms with Gasteiger partial charge in [0.25, 0.3) is 0 Å². The van der Waals surface area contributed by atoms with E-state index in [1.54, 1.807) is 12.1 Å². The van der Waals surface area contributed by atoms with Crippen LogP contribution in [0.2, 0.25) is 0 Å². The summed E-state index contributed by atoms with van der Waals surface area (Å²) in [5, 5.41) is 8.67. The molecule has 1 aliphatic carbocycles. The third kappa shape index (κ3) is 1.54. The van der Waals surface area contributed by atoms with Gasteiger partial charge in [-0.15, -0.1) is 0 Å². The molecule has 1 N–H and O–H groups in total. The first-order valence-electron chi connectivity index (χ1n) is 4.17. The van der Waals surface area contributed by atoms with Crippen molar-refractivity contribution in [3.63, 3.8) is 0 Å². The van der Waals surface area contributed by atoms with Crippen LogP contribution in [-0.2, 0) is 4.79 Å². The van der Waals surface area contributed by atoms with E-state index in [0.717, 1.165) is 5.56 Å². The molecule has 0 bridgehead atoms. The summed E-state index contributed by atoms with van der Waals surface area (Å²) in [5.74, 6) is -1.20. The Balaban J connectivity index is 2.12. The molecule has 1 aromatic carbocycles. The van der Waals surface area contributed by atoms with Gasteiger partial charge in [0.05, 0.1) is 5.92 Å². The molecule has 2 rings (SSSR count). The van der Waals surface area contributed by atoms with Crippen LogP contribution in [0.4, 0.5) is 4.39 Å². The summed E-state index contributed by atoms with van der Waals surface area (Å²) in [6.07, 6.45) is 0.682. The van der Waals surface area contributed by atoms with Gasteiger partial charge in [-0.1, -0.05) is 12.1 Å². The zero-order valence-electron chi connectivity index (χ0n) is 6.90. The third-order valence-electron chi connectivity index (χ3n) is 2.41. The predicted molar refractivity (Wildman–Crippen MR) is 44.9 cm³/mol. The van der Waals surface area contributed by atoms with E-state index in [0.29, 0.717) is 6.42 Å². The molecule has 0 aliphatic heterocycles. The van der Waals surface area contributed by atoms with E-state index in [9.17, 15) is 9.18 Å². The average Bonchev–Trinajstić information content (AvgIpc) is 2.85. The van der Waals surface area contributed by atoms with Crippen LogP contribution in [0, 0.1) is 11.7 Å². The Morgan fingerprint density at radius 3 is 2.46 bits per heavy atom. The number of carbonyl (C=O) groups is 1. The maximum Gasteiger partial charge on any atom is 0.307 e. The summed E-state index contributed by atoms with van der Waals surface area (Å²) < 4.78 is 12.5. The molecule has 0 amide bonds. The summed E-state index contributed by atoms with van der Waals surface area (Å²) in [6, 6.07) is 6.05. The summed E-state index contributed by atoms with van der Waals surface area (Å²) in [7, 11) is 0. The van der Waals surface area contributed by atoms with E-state index in [1.807, 2.05) is 0 Å². The first-order chi connectivity index (χ1) is 6.18. The second kappa shape index (κ2) is 2.83. The highest BCUT2D eigenvalue weighted by molar-refractivity contribution is 5.75. The predicted octanol–water partition coefficient (Wildman–Crippen LogP) is 2.01. The summed E-state index contributed by atoms with van der Waals surface area (Å²) in [5.41, 5.74) is 0.925. The van der Waals surface area contributed by atoms with Gasteiger partial charge in [0.15, 0.2) is 0 Å². The Bertz CT molecular complexity index is 331. The van der Waals surface area contributed by atoms with E-state index in [4.69, 9.17) is 5.11 Å². The van der Waals surface area contributed by atoms with Crippen LogP contribution in [0.15, 0.2) is 24.3 Å². The molecule has 68 valence electrons. The van der Waals surface area contributed by atoms with Gasteiger partial charge in [-0.2, -0.15) is 0 Å². The Morgan fingerprint density at radius 2 is 2.00 bits per heavy atom. The van der Waals surface area contributed by atoms with Crippen molar-refractivity contribution < 1.29 is 14.3 Å². The van der Waals surface area contributed by atoms with Crippen molar-refractivity contribution in [2.75, 3.05) is 0 Å². The number of halogens is 1. The molecular weight excluding hydrogens is 171 g/mol. The monoisotopic (exact) mass is 180 g/mol. The number of hydrogen-bond acceptors (Lipinski definition) is 1. The van der Waals surface area contributed by atoms with E-state index in [-0.39, 0.29) is 17.7 Å². The maximum atomic E-state index is 12.5. The van der Waals surface area contributed by atoms with Crippen LogP contribution >= 0.6 is 0 Å². The molecule has 1 saturated carbocycles. The number of carboxylic acid groups (broad SMARTS) is 1. The minimum absolute atomic E-state index is 0.0955. The second-order valence-corrected chi connectivity index (χ2v) is 3.34. The van der Waals surface area contributed by atoms with Crippen molar-refractivity contribution in [3.05, 3.63) is 35.6 Å². The fraction of sp³-hybridized carbons (Fsp3) is 0.300. The molecule has 1 aliphatic rings. The minimum atomic E-state index is -0.755. The summed E-state index contributed by atoms with van der Waals surface area (Å²) in [6.45, 7) is 0. The Morgan fingerprint density at radius 1 is 1.38 bits per heavy atom. The van der Waals surface area contributed by atoms with Crippen molar-refractivity contribution in [3.8, 4) is 0 Å². The molecule has 13 heavy (non-hydrogen) atoms. The van der Waals surface area contributed by atoms with Crippen molar-refractivity contribution in [1.29, 1.82) is 0 Å². The number of carboxylic acids is 1. The zero-order chi connectivity index (χ0) is 9.42. The van der Waals surface area contributed by atoms with Crippen LogP contribution in [0.5, 0.6) is 0 Å². The highest BCUT2D eigenvalue weighted by atomic mass is 19.1. The molecule has 0 spiro atoms. The minimum Gasteiger partial charge on any atom is -0.481 e. The van der Waals surface area contributed by atoms with Crippen LogP contribution in [0.25, 0.3) is 0 Å². The molecule has 1 fully saturated rings. The van der Waals surface area contributed by atoms with Crippen molar-refractivity contribution in [1.82, 2.24) is 0 Å². The highest BCUT2D eigenvalue weighted by Crippen LogP contribution is 2.47. The average molecular weight is 180 g/mol. The number of rotatable bonds is 2. The Hall–Kier alpha value is -1.38. The molecule has 0 saturated heterocycles. The fourth-order valence-electron chi connectivity index (χ4n) is 1.55. The Labute approximate surface area is 75.0 Å². The summed E-state index contributed by atoms with van der Waals surface area (Å²) >= 11 is 0. The molecule has 0 radical (unpaired) electrons. The molecule has 1 aromatic rings. The first kappa shape index (κ1) is 8.23. The summed E-state index contributed by atoms with van der Waals surface area (Å²) in [4.78, 5) is 10.5. The number of benzene rings is 1. The van der Waals surface area contributed by atoms with Gasteiger partial charge in [0.2, 0.25) is 0 Å². The van der Waals surface area contributed by atoms with Crippen LogP contribution in [0.3, 0.4) is 0 Å². The lowest BCUT2D eigenvalue weighted by Gasteiger charge is -1.96. The third-order valence-corrected chi connectivity index (χ3v) is 2.41. The van der Waals surface area contributed by atoms with Gasteiger partial charge in [-0.3, -0.25) is 4.79 Å². The second-order valence-electron chi connectivity index (χ2n) is 3.34. The van der Waals surface area contributed by atoms with E-state index >= 15 is 0 Å². The molecule has 0 heterocycles. The van der Waals surface area contributed by atoms with Gasteiger partial charge >= 0.3 is 5.97 Å². The SMILES string of the molecule is O=C(O)[C@@H]1C[C@H]1c1ccc(F)cc1. The fourth-order valence-corrected chi connectivity index (χ4v) is 1.55. The van der Waals surface area contributed by atoms with E-state index in [2.05, 4.69) is 0 Å². The van der Waals surface area contributed by atoms with Crippen LogP contribution < -0.4 is 0 Å². The van der Waals surface area contributed by atoms with Crippen LogP contribution in [-0.4, -0.2) is 11.1 Å². The Kier molecular flexibility index (Phi) is 1.79. The first-order valence-corrected chi connectivity index (χ1v) is 4.17. The van der Waals surface area contributed by atoms with Gasteiger partial charge in [0, 0.05) is 0 Å². The number of aliphatic carboxylic acids is 1. The maximum absolute atomic E-state index is 12.5. The van der Waals surface area contributed by atoms with Crippen molar-refractivity contribution in [2.24, 2.45) is 5.92 Å². The number of hydrogen-bond donors (Lipinski definition) is 1. The molecule has 0 aromatic heterocycles. The van der Waals surface area contributed by atoms with Crippen LogP contribution in [0.1, 0.15) is 17.9 Å². The molecular formula is C10H9FO2. The lowest BCUT2D eigenvalue weighted by molar-refractivity contribution is -0.138. The van der Waals surface area contributed by atoms with E-state index < -0.39 is 5.97 Å². The molecule has 2 nitrogen and oxygen atoms in total.